The van der Waals surface area contributed by atoms with Crippen molar-refractivity contribution < 1.29 is 29.0 Å². The molecule has 3 aromatic carbocycles. The Kier molecular flexibility index (Phi) is 14.2. The van der Waals surface area contributed by atoms with Gasteiger partial charge in [-0.2, -0.15) is 0 Å². The van der Waals surface area contributed by atoms with Crippen molar-refractivity contribution in [3.05, 3.63) is 102 Å². The highest BCUT2D eigenvalue weighted by atomic mass is 16.5. The van der Waals surface area contributed by atoms with Crippen LogP contribution in [0.25, 0.3) is 0 Å². The van der Waals surface area contributed by atoms with Crippen LogP contribution in [0.4, 0.5) is 0 Å². The van der Waals surface area contributed by atoms with E-state index in [0.717, 1.165) is 22.4 Å². The van der Waals surface area contributed by atoms with Crippen molar-refractivity contribution >= 4 is 17.7 Å². The van der Waals surface area contributed by atoms with Gasteiger partial charge in [0, 0.05) is 26.7 Å². The van der Waals surface area contributed by atoms with Crippen LogP contribution in [0.3, 0.4) is 0 Å². The van der Waals surface area contributed by atoms with E-state index >= 15 is 0 Å². The molecule has 1 aliphatic heterocycles. The molecule has 0 unspecified atom stereocenters. The molecule has 0 aromatic heterocycles. The lowest BCUT2D eigenvalue weighted by Crippen LogP contribution is -2.61. The molecule has 264 valence electrons. The molecule has 49 heavy (non-hydrogen) atoms. The van der Waals surface area contributed by atoms with Crippen LogP contribution in [-0.4, -0.2) is 85.4 Å². The van der Waals surface area contributed by atoms with Crippen molar-refractivity contribution in [2.45, 2.75) is 76.2 Å². The number of carbonyl (C=O) groups excluding carboxylic acids is 3. The minimum absolute atomic E-state index is 0.158. The second kappa shape index (κ2) is 18.5. The molecule has 0 spiro atoms. The zero-order chi connectivity index (χ0) is 35.2. The molecule has 0 bridgehead atoms. The number of ether oxygens (including phenoxy) is 2. The minimum Gasteiger partial charge on any atom is -0.497 e. The molecule has 1 saturated heterocycles. The van der Waals surface area contributed by atoms with Gasteiger partial charge in [-0.15, -0.1) is 0 Å². The first-order chi connectivity index (χ1) is 23.7. The summed E-state index contributed by atoms with van der Waals surface area (Å²) in [5.41, 5.74) is 1.89. The predicted molar refractivity (Wildman–Crippen MR) is 190 cm³/mol. The van der Waals surface area contributed by atoms with Crippen LogP contribution in [0.5, 0.6) is 5.75 Å². The molecular weight excluding hydrogens is 620 g/mol. The molecule has 5 atom stereocenters. The molecule has 4 N–H and O–H groups in total. The van der Waals surface area contributed by atoms with Crippen molar-refractivity contribution in [1.82, 2.24) is 20.9 Å². The first-order valence-corrected chi connectivity index (χ1v) is 17.2. The van der Waals surface area contributed by atoms with Gasteiger partial charge < -0.3 is 35.4 Å². The number of likely N-dealkylation sites (tertiary alicyclic amines) is 1. The Morgan fingerprint density at radius 2 is 1.63 bits per heavy atom. The van der Waals surface area contributed by atoms with E-state index < -0.39 is 23.7 Å². The number of aliphatic hydroxyl groups excluding tert-OH is 1. The van der Waals surface area contributed by atoms with Crippen LogP contribution in [0, 0.1) is 5.92 Å². The molecule has 3 aromatic rings. The van der Waals surface area contributed by atoms with Crippen LogP contribution in [0.2, 0.25) is 0 Å². The summed E-state index contributed by atoms with van der Waals surface area (Å²) in [7, 11) is 3.06. The number of rotatable bonds is 19. The number of hydrogen-bond acceptors (Lipinski definition) is 7. The van der Waals surface area contributed by atoms with Gasteiger partial charge in [0.2, 0.25) is 17.7 Å². The topological polar surface area (TPSA) is 129 Å². The standard InChI is InChI=1S/C39H52N4O6/c1-5-28(2)39(42-36(45)27-48-3)21-22-43(38(39)47)34(20-19-29-13-8-6-9-14-29)37(46)41-33(24-30-15-10-7-11-16-30)35(44)26-40-25-31-17-12-18-32(23-31)49-4/h6-18,23,28,33-35,40,44H,5,19-22,24-27H2,1-4H3,(H,41,46)(H,42,45)/t28-,33-,34-,35-,39-/m0/s1. The highest BCUT2D eigenvalue weighted by molar-refractivity contribution is 5.97. The molecule has 0 saturated carbocycles. The third-order valence-electron chi connectivity index (χ3n) is 9.62. The highest BCUT2D eigenvalue weighted by Gasteiger charge is 2.53. The van der Waals surface area contributed by atoms with Gasteiger partial charge in [0.05, 0.1) is 19.3 Å². The molecule has 0 aliphatic carbocycles. The number of aryl methyl sites for hydroxylation is 1. The van der Waals surface area contributed by atoms with Crippen molar-refractivity contribution in [1.29, 1.82) is 0 Å². The number of benzene rings is 3. The van der Waals surface area contributed by atoms with E-state index in [1.54, 1.807) is 12.0 Å². The smallest absolute Gasteiger partial charge is 0.249 e. The Hall–Kier alpha value is -4.25. The summed E-state index contributed by atoms with van der Waals surface area (Å²) in [6, 6.07) is 25.8. The highest BCUT2D eigenvalue weighted by Crippen LogP contribution is 2.34. The van der Waals surface area contributed by atoms with Gasteiger partial charge in [0.25, 0.3) is 0 Å². The summed E-state index contributed by atoms with van der Waals surface area (Å²) in [5.74, 6) is -0.370. The molecule has 10 nitrogen and oxygen atoms in total. The Labute approximate surface area is 290 Å². The van der Waals surface area contributed by atoms with Crippen LogP contribution in [0.1, 0.15) is 49.8 Å². The van der Waals surface area contributed by atoms with Crippen LogP contribution in [0.15, 0.2) is 84.9 Å². The summed E-state index contributed by atoms with van der Waals surface area (Å²) in [4.78, 5) is 43.2. The molecule has 4 rings (SSSR count). The monoisotopic (exact) mass is 672 g/mol. The van der Waals surface area contributed by atoms with Crippen molar-refractivity contribution in [2.24, 2.45) is 5.92 Å². The number of methoxy groups -OCH3 is 2. The minimum atomic E-state index is -1.14. The molecular formula is C39H52N4O6. The van der Waals surface area contributed by atoms with Gasteiger partial charge in [-0.05, 0) is 60.4 Å². The molecule has 0 radical (unpaired) electrons. The number of carbonyl (C=O) groups is 3. The van der Waals surface area contributed by atoms with Gasteiger partial charge in [-0.3, -0.25) is 14.4 Å². The van der Waals surface area contributed by atoms with Gasteiger partial charge in [0.15, 0.2) is 0 Å². The summed E-state index contributed by atoms with van der Waals surface area (Å²) in [6.07, 6.45) is 1.48. The molecule has 1 aliphatic rings. The summed E-state index contributed by atoms with van der Waals surface area (Å²) in [6.45, 7) is 4.84. The van der Waals surface area contributed by atoms with Gasteiger partial charge in [-0.25, -0.2) is 0 Å². The quantitative estimate of drug-likeness (QED) is 0.153. The van der Waals surface area contributed by atoms with E-state index in [-0.39, 0.29) is 36.8 Å². The lowest BCUT2D eigenvalue weighted by molar-refractivity contribution is -0.145. The maximum atomic E-state index is 14.4. The van der Waals surface area contributed by atoms with Crippen LogP contribution in [-0.2, 0) is 38.5 Å². The zero-order valence-corrected chi connectivity index (χ0v) is 29.2. The number of nitrogens with zero attached hydrogens (tertiary/aromatic N) is 1. The van der Waals surface area contributed by atoms with E-state index in [1.165, 1.54) is 7.11 Å². The zero-order valence-electron chi connectivity index (χ0n) is 29.2. The van der Waals surface area contributed by atoms with Crippen molar-refractivity contribution in [3.63, 3.8) is 0 Å². The fraction of sp³-hybridized carbons (Fsp3) is 0.462. The lowest BCUT2D eigenvalue weighted by Gasteiger charge is -2.36. The average Bonchev–Trinajstić information content (AvgIpc) is 3.44. The number of nitrogens with one attached hydrogen (secondary N) is 3. The Balaban J connectivity index is 1.57. The van der Waals surface area contributed by atoms with E-state index in [2.05, 4.69) is 16.0 Å². The predicted octanol–water partition coefficient (Wildman–Crippen LogP) is 3.65. The average molecular weight is 673 g/mol. The van der Waals surface area contributed by atoms with E-state index in [9.17, 15) is 19.5 Å². The fourth-order valence-corrected chi connectivity index (χ4v) is 6.62. The molecule has 10 heteroatoms. The molecule has 1 fully saturated rings. The number of amides is 3. The summed E-state index contributed by atoms with van der Waals surface area (Å²) >= 11 is 0. The van der Waals surface area contributed by atoms with Gasteiger partial charge >= 0.3 is 0 Å². The second-order valence-electron chi connectivity index (χ2n) is 12.9. The maximum Gasteiger partial charge on any atom is 0.249 e. The number of aliphatic hydroxyl groups is 1. The number of hydrogen-bond donors (Lipinski definition) is 4. The third-order valence-corrected chi connectivity index (χ3v) is 9.62. The van der Waals surface area contributed by atoms with E-state index in [1.807, 2.05) is 98.8 Å². The fourth-order valence-electron chi connectivity index (χ4n) is 6.62. The molecule has 1 heterocycles. The largest absolute Gasteiger partial charge is 0.497 e. The first kappa shape index (κ1) is 37.6. The van der Waals surface area contributed by atoms with Gasteiger partial charge in [-0.1, -0.05) is 93.1 Å². The lowest BCUT2D eigenvalue weighted by atomic mass is 9.81. The van der Waals surface area contributed by atoms with E-state index in [4.69, 9.17) is 9.47 Å². The van der Waals surface area contributed by atoms with Crippen molar-refractivity contribution in [3.8, 4) is 5.75 Å². The van der Waals surface area contributed by atoms with Crippen LogP contribution < -0.4 is 20.7 Å². The third kappa shape index (κ3) is 10.1. The Morgan fingerprint density at radius 3 is 2.29 bits per heavy atom. The summed E-state index contributed by atoms with van der Waals surface area (Å²) in [5, 5.41) is 20.9. The van der Waals surface area contributed by atoms with E-state index in [0.29, 0.717) is 45.2 Å². The first-order valence-electron chi connectivity index (χ1n) is 17.2. The van der Waals surface area contributed by atoms with Crippen LogP contribution >= 0.6 is 0 Å². The Morgan fingerprint density at radius 1 is 0.959 bits per heavy atom. The summed E-state index contributed by atoms with van der Waals surface area (Å²) < 4.78 is 10.4. The molecule has 3 amide bonds. The second-order valence-corrected chi connectivity index (χ2v) is 12.9. The maximum absolute atomic E-state index is 14.4. The van der Waals surface area contributed by atoms with Crippen molar-refractivity contribution in [2.75, 3.05) is 33.9 Å². The SMILES string of the molecule is CC[C@H](C)[C@@]1(NC(=O)COC)CCN([C@@H](CCc2ccccc2)C(=O)N[C@@H](Cc2ccccc2)[C@@H](O)CNCc2cccc(OC)c2)C1=O. The normalized spacial score (nSPS) is 18.4. The Bertz CT molecular complexity index is 1490. The van der Waals surface area contributed by atoms with Gasteiger partial charge in [0.1, 0.15) is 23.9 Å².